The standard InChI is InChI=1S/C12H11FN4O3S/c1-6(12-15-4-5-21-12)16-11(18)9-7(13)2-3-8(10(9)14)17(19)20/h2-6H,14H2,1H3,(H,16,18). The van der Waals surface area contributed by atoms with E-state index in [-0.39, 0.29) is 0 Å². The van der Waals surface area contributed by atoms with Gasteiger partial charge < -0.3 is 11.1 Å². The van der Waals surface area contributed by atoms with E-state index in [9.17, 15) is 19.3 Å². The maximum absolute atomic E-state index is 13.8. The van der Waals surface area contributed by atoms with Crippen molar-refractivity contribution < 1.29 is 14.1 Å². The molecule has 0 aliphatic heterocycles. The fraction of sp³-hybridized carbons (Fsp3) is 0.167. The predicted octanol–water partition coefficient (Wildman–Crippen LogP) is 2.26. The molecule has 0 spiro atoms. The normalized spacial score (nSPS) is 11.9. The maximum Gasteiger partial charge on any atom is 0.293 e. The molecule has 0 saturated carbocycles. The van der Waals surface area contributed by atoms with Gasteiger partial charge in [-0.25, -0.2) is 9.37 Å². The maximum atomic E-state index is 13.8. The Morgan fingerprint density at radius 3 is 2.86 bits per heavy atom. The van der Waals surface area contributed by atoms with Crippen LogP contribution in [0.25, 0.3) is 0 Å². The molecule has 0 bridgehead atoms. The minimum Gasteiger partial charge on any atom is -0.392 e. The van der Waals surface area contributed by atoms with Crippen molar-refractivity contribution in [3.05, 3.63) is 50.2 Å². The van der Waals surface area contributed by atoms with Crippen LogP contribution >= 0.6 is 11.3 Å². The van der Waals surface area contributed by atoms with Gasteiger partial charge in [-0.3, -0.25) is 14.9 Å². The first-order chi connectivity index (χ1) is 9.91. The van der Waals surface area contributed by atoms with Crippen LogP contribution in [0.4, 0.5) is 15.8 Å². The van der Waals surface area contributed by atoms with Crippen molar-refractivity contribution in [2.75, 3.05) is 5.73 Å². The van der Waals surface area contributed by atoms with Crippen LogP contribution in [-0.4, -0.2) is 15.8 Å². The molecule has 0 aliphatic rings. The van der Waals surface area contributed by atoms with E-state index in [1.165, 1.54) is 11.3 Å². The zero-order chi connectivity index (χ0) is 15.6. The molecule has 0 radical (unpaired) electrons. The number of nitro groups is 1. The van der Waals surface area contributed by atoms with E-state index >= 15 is 0 Å². The number of benzene rings is 1. The van der Waals surface area contributed by atoms with Crippen LogP contribution in [0.15, 0.2) is 23.7 Å². The van der Waals surface area contributed by atoms with E-state index in [0.717, 1.165) is 12.1 Å². The number of aromatic nitrogens is 1. The first-order valence-corrected chi connectivity index (χ1v) is 6.72. The smallest absolute Gasteiger partial charge is 0.293 e. The van der Waals surface area contributed by atoms with Crippen LogP contribution in [0.2, 0.25) is 0 Å². The van der Waals surface area contributed by atoms with Crippen molar-refractivity contribution in [2.45, 2.75) is 13.0 Å². The highest BCUT2D eigenvalue weighted by atomic mass is 32.1. The number of nitrogens with one attached hydrogen (secondary N) is 1. The number of anilines is 1. The highest BCUT2D eigenvalue weighted by molar-refractivity contribution is 7.09. The minimum absolute atomic E-state index is 0.462. The summed E-state index contributed by atoms with van der Waals surface area (Å²) in [6, 6.07) is 1.30. The van der Waals surface area contributed by atoms with Crippen LogP contribution in [0, 0.1) is 15.9 Å². The molecule has 0 saturated heterocycles. The number of halogens is 1. The second-order valence-corrected chi connectivity index (χ2v) is 5.10. The second-order valence-electron chi connectivity index (χ2n) is 4.18. The summed E-state index contributed by atoms with van der Waals surface area (Å²) in [5, 5.41) is 15.7. The molecule has 2 aromatic rings. The molecule has 1 atom stereocenters. The van der Waals surface area contributed by atoms with Gasteiger partial charge >= 0.3 is 0 Å². The monoisotopic (exact) mass is 310 g/mol. The predicted molar refractivity (Wildman–Crippen MR) is 75.5 cm³/mol. The molecule has 7 nitrogen and oxygen atoms in total. The van der Waals surface area contributed by atoms with Gasteiger partial charge in [0.05, 0.1) is 11.0 Å². The fourth-order valence-electron chi connectivity index (χ4n) is 1.75. The lowest BCUT2D eigenvalue weighted by atomic mass is 10.1. The number of hydrogen-bond donors (Lipinski definition) is 2. The number of carbonyl (C=O) groups excluding carboxylic acids is 1. The third-order valence-corrected chi connectivity index (χ3v) is 3.72. The van der Waals surface area contributed by atoms with E-state index in [1.54, 1.807) is 18.5 Å². The highest BCUT2D eigenvalue weighted by Crippen LogP contribution is 2.28. The summed E-state index contributed by atoms with van der Waals surface area (Å²) in [4.78, 5) is 26.1. The van der Waals surface area contributed by atoms with Gasteiger partial charge in [-0.1, -0.05) is 0 Å². The lowest BCUT2D eigenvalue weighted by Crippen LogP contribution is -2.28. The first kappa shape index (κ1) is 14.9. The molecule has 1 aromatic carbocycles. The van der Waals surface area contributed by atoms with E-state index in [1.807, 2.05) is 0 Å². The minimum atomic E-state index is -0.915. The van der Waals surface area contributed by atoms with Crippen molar-refractivity contribution in [3.63, 3.8) is 0 Å². The Morgan fingerprint density at radius 2 is 2.29 bits per heavy atom. The molecule has 3 N–H and O–H groups in total. The number of rotatable bonds is 4. The van der Waals surface area contributed by atoms with Gasteiger partial charge in [0.1, 0.15) is 22.1 Å². The topological polar surface area (TPSA) is 111 Å². The summed E-state index contributed by atoms with van der Waals surface area (Å²) in [6.45, 7) is 1.67. The van der Waals surface area contributed by atoms with Gasteiger partial charge in [-0.2, -0.15) is 0 Å². The van der Waals surface area contributed by atoms with Crippen LogP contribution < -0.4 is 11.1 Å². The van der Waals surface area contributed by atoms with Crippen LogP contribution in [-0.2, 0) is 0 Å². The van der Waals surface area contributed by atoms with Gasteiger partial charge in [0.15, 0.2) is 0 Å². The zero-order valence-corrected chi connectivity index (χ0v) is 11.7. The van der Waals surface area contributed by atoms with E-state index < -0.39 is 39.6 Å². The summed E-state index contributed by atoms with van der Waals surface area (Å²) in [6.07, 6.45) is 1.57. The van der Waals surface area contributed by atoms with Gasteiger partial charge in [0, 0.05) is 17.6 Å². The Labute approximate surface area is 122 Å². The van der Waals surface area contributed by atoms with E-state index in [0.29, 0.717) is 5.01 Å². The highest BCUT2D eigenvalue weighted by Gasteiger charge is 2.25. The van der Waals surface area contributed by atoms with Crippen molar-refractivity contribution in [2.24, 2.45) is 0 Å². The van der Waals surface area contributed by atoms with Gasteiger partial charge in [0.25, 0.3) is 11.6 Å². The molecule has 0 aliphatic carbocycles. The zero-order valence-electron chi connectivity index (χ0n) is 10.9. The van der Waals surface area contributed by atoms with Crippen LogP contribution in [0.1, 0.15) is 28.3 Å². The average molecular weight is 310 g/mol. The number of hydrogen-bond acceptors (Lipinski definition) is 6. The number of nitrogens with zero attached hydrogens (tertiary/aromatic N) is 2. The van der Waals surface area contributed by atoms with Crippen LogP contribution in [0.5, 0.6) is 0 Å². The number of nitrogens with two attached hydrogens (primary N) is 1. The molecular weight excluding hydrogens is 299 g/mol. The number of amides is 1. The SMILES string of the molecule is CC(NC(=O)c1c(F)ccc([N+](=O)[O-])c1N)c1nccs1. The van der Waals surface area contributed by atoms with Crippen molar-refractivity contribution in [1.29, 1.82) is 0 Å². The molecule has 1 amide bonds. The summed E-state index contributed by atoms with van der Waals surface area (Å²) >= 11 is 1.33. The third-order valence-electron chi connectivity index (χ3n) is 2.76. The largest absolute Gasteiger partial charge is 0.392 e. The first-order valence-electron chi connectivity index (χ1n) is 5.84. The Hall–Kier alpha value is -2.55. The molecule has 110 valence electrons. The molecule has 2 rings (SSSR count). The Morgan fingerprint density at radius 1 is 1.57 bits per heavy atom. The number of nitro benzene ring substituents is 1. The summed E-state index contributed by atoms with van der Waals surface area (Å²) < 4.78 is 13.8. The second kappa shape index (κ2) is 5.83. The fourth-order valence-corrected chi connectivity index (χ4v) is 2.40. The third kappa shape index (κ3) is 2.97. The quantitative estimate of drug-likeness (QED) is 0.511. The Balaban J connectivity index is 2.31. The lowest BCUT2D eigenvalue weighted by Gasteiger charge is -2.13. The van der Waals surface area contributed by atoms with Crippen molar-refractivity contribution in [1.82, 2.24) is 10.3 Å². The summed E-state index contributed by atoms with van der Waals surface area (Å²) in [5.74, 6) is -1.74. The molecule has 1 unspecified atom stereocenters. The molecule has 21 heavy (non-hydrogen) atoms. The van der Waals surface area contributed by atoms with Gasteiger partial charge in [-0.15, -0.1) is 11.3 Å². The molecular formula is C12H11FN4O3S. The molecule has 1 heterocycles. The lowest BCUT2D eigenvalue weighted by molar-refractivity contribution is -0.384. The molecule has 1 aromatic heterocycles. The number of carbonyl (C=O) groups is 1. The molecule has 0 fully saturated rings. The average Bonchev–Trinajstić information content (AvgIpc) is 2.91. The van der Waals surface area contributed by atoms with Crippen molar-refractivity contribution >= 4 is 28.6 Å². The van der Waals surface area contributed by atoms with Gasteiger partial charge in [0.2, 0.25) is 0 Å². The molecule has 9 heteroatoms. The Kier molecular flexibility index (Phi) is 4.13. The van der Waals surface area contributed by atoms with Crippen LogP contribution in [0.3, 0.4) is 0 Å². The number of nitrogen functional groups attached to an aromatic ring is 1. The van der Waals surface area contributed by atoms with Gasteiger partial charge in [-0.05, 0) is 13.0 Å². The van der Waals surface area contributed by atoms with Crippen molar-refractivity contribution in [3.8, 4) is 0 Å². The van der Waals surface area contributed by atoms with E-state index in [4.69, 9.17) is 5.73 Å². The summed E-state index contributed by atoms with van der Waals surface area (Å²) in [5.41, 5.74) is 3.98. The number of thiazole rings is 1. The van der Waals surface area contributed by atoms with E-state index in [2.05, 4.69) is 10.3 Å². The summed E-state index contributed by atoms with van der Waals surface area (Å²) in [7, 11) is 0. The Bertz CT molecular complexity index is 690.